The van der Waals surface area contributed by atoms with Crippen LogP contribution in [0.2, 0.25) is 0 Å². The second kappa shape index (κ2) is 2.54. The number of nitrogens with zero attached hydrogens (tertiary/aromatic N) is 2. The molecule has 0 saturated carbocycles. The summed E-state index contributed by atoms with van der Waals surface area (Å²) in [5, 5.41) is 12.1. The van der Waals surface area contributed by atoms with Crippen LogP contribution in [-0.4, -0.2) is 22.5 Å². The van der Waals surface area contributed by atoms with Gasteiger partial charge in [-0.1, -0.05) is 0 Å². The molecule has 1 rings (SSSR count). The lowest BCUT2D eigenvalue weighted by Crippen LogP contribution is -2.04. The number of aryl methyl sites for hydroxylation is 1. The van der Waals surface area contributed by atoms with Crippen molar-refractivity contribution >= 4 is 7.69 Å². The first-order valence-corrected chi connectivity index (χ1v) is 2.56. The first kappa shape index (κ1) is 6.16. The largest absolute Gasteiger partial charge is 0.525 e. The summed E-state index contributed by atoms with van der Waals surface area (Å²) in [5.41, 5.74) is 0. The van der Waals surface area contributed by atoms with Crippen LogP contribution in [0.25, 0.3) is 0 Å². The van der Waals surface area contributed by atoms with Gasteiger partial charge in [-0.05, 0) is 0 Å². The van der Waals surface area contributed by atoms with E-state index in [-0.39, 0.29) is 7.69 Å². The summed E-state index contributed by atoms with van der Waals surface area (Å²) in [6.07, 6.45) is 1.60. The van der Waals surface area contributed by atoms with Crippen LogP contribution < -0.4 is 4.65 Å². The standard InChI is InChI=1S/C4H7BN2O2/c1-7-4(9-5-8)2-3-6-7/h2-3,5,8H,1H3. The van der Waals surface area contributed by atoms with Gasteiger partial charge in [-0.2, -0.15) is 5.10 Å². The van der Waals surface area contributed by atoms with E-state index in [2.05, 4.69) is 5.10 Å². The fourth-order valence-corrected chi connectivity index (χ4v) is 0.570. The summed E-state index contributed by atoms with van der Waals surface area (Å²) in [7, 11) is 1.44. The normalized spacial score (nSPS) is 9.11. The van der Waals surface area contributed by atoms with Gasteiger partial charge in [0.05, 0.1) is 6.20 Å². The average molecular weight is 126 g/mol. The van der Waals surface area contributed by atoms with Crippen LogP contribution in [-0.2, 0) is 7.05 Å². The van der Waals surface area contributed by atoms with Gasteiger partial charge in [0, 0.05) is 13.1 Å². The molecule has 0 aliphatic carbocycles. The third kappa shape index (κ3) is 1.23. The smallest absolute Gasteiger partial charge is 0.505 e. The molecule has 0 bridgehead atoms. The molecular formula is C4H7BN2O2. The lowest BCUT2D eigenvalue weighted by atomic mass is 10.4. The van der Waals surface area contributed by atoms with Gasteiger partial charge in [-0.25, -0.2) is 4.68 Å². The zero-order chi connectivity index (χ0) is 6.69. The molecule has 5 heteroatoms. The van der Waals surface area contributed by atoms with E-state index in [1.807, 2.05) is 0 Å². The summed E-state index contributed by atoms with van der Waals surface area (Å²) in [6, 6.07) is 1.68. The molecule has 9 heavy (non-hydrogen) atoms. The van der Waals surface area contributed by atoms with E-state index < -0.39 is 0 Å². The highest BCUT2D eigenvalue weighted by Gasteiger charge is 1.95. The maximum atomic E-state index is 8.30. The van der Waals surface area contributed by atoms with Crippen molar-refractivity contribution in [2.45, 2.75) is 0 Å². The molecule has 0 fully saturated rings. The predicted octanol–water partition coefficient (Wildman–Crippen LogP) is -0.942. The molecule has 0 unspecified atom stereocenters. The molecule has 48 valence electrons. The fraction of sp³-hybridized carbons (Fsp3) is 0.250. The van der Waals surface area contributed by atoms with Crippen LogP contribution in [0.15, 0.2) is 12.3 Å². The van der Waals surface area contributed by atoms with Gasteiger partial charge < -0.3 is 9.68 Å². The Balaban J connectivity index is 2.69. The highest BCUT2D eigenvalue weighted by molar-refractivity contribution is 6.17. The Morgan fingerprint density at radius 3 is 3.11 bits per heavy atom. The Kier molecular flexibility index (Phi) is 1.74. The van der Waals surface area contributed by atoms with Crippen LogP contribution in [0.3, 0.4) is 0 Å². The third-order valence-corrected chi connectivity index (χ3v) is 0.988. The lowest BCUT2D eigenvalue weighted by Gasteiger charge is -1.98. The molecule has 1 N–H and O–H groups in total. The summed E-state index contributed by atoms with van der Waals surface area (Å²) in [5.74, 6) is 0.567. The van der Waals surface area contributed by atoms with Crippen molar-refractivity contribution < 1.29 is 9.68 Å². The Morgan fingerprint density at radius 1 is 1.89 bits per heavy atom. The van der Waals surface area contributed by atoms with Crippen LogP contribution in [0.1, 0.15) is 0 Å². The van der Waals surface area contributed by atoms with E-state index in [4.69, 9.17) is 9.68 Å². The summed E-state index contributed by atoms with van der Waals surface area (Å²) in [4.78, 5) is 0. The number of rotatable bonds is 2. The second-order valence-electron chi connectivity index (χ2n) is 1.57. The molecule has 0 aliphatic heterocycles. The van der Waals surface area contributed by atoms with Crippen LogP contribution in [0.4, 0.5) is 0 Å². The maximum absolute atomic E-state index is 8.30. The SMILES string of the molecule is Cn1nccc1OBO. The molecule has 1 aromatic rings. The Bertz CT molecular complexity index is 188. The Labute approximate surface area is 53.4 Å². The van der Waals surface area contributed by atoms with Gasteiger partial charge in [0.1, 0.15) is 0 Å². The van der Waals surface area contributed by atoms with Gasteiger partial charge >= 0.3 is 7.69 Å². The molecule has 0 amide bonds. The van der Waals surface area contributed by atoms with Crippen molar-refractivity contribution in [3.63, 3.8) is 0 Å². The van der Waals surface area contributed by atoms with Crippen LogP contribution in [0.5, 0.6) is 5.88 Å². The number of aromatic nitrogens is 2. The zero-order valence-corrected chi connectivity index (χ0v) is 5.11. The third-order valence-electron chi connectivity index (χ3n) is 0.988. The van der Waals surface area contributed by atoms with Crippen molar-refractivity contribution in [1.82, 2.24) is 9.78 Å². The first-order chi connectivity index (χ1) is 4.34. The summed E-state index contributed by atoms with van der Waals surface area (Å²) in [6.45, 7) is 0. The summed E-state index contributed by atoms with van der Waals surface area (Å²) >= 11 is 0. The minimum absolute atomic E-state index is 0.306. The van der Waals surface area contributed by atoms with E-state index >= 15 is 0 Å². The topological polar surface area (TPSA) is 47.3 Å². The minimum Gasteiger partial charge on any atom is -0.525 e. The molecule has 0 saturated heterocycles. The fourth-order valence-electron chi connectivity index (χ4n) is 0.570. The van der Waals surface area contributed by atoms with E-state index in [1.165, 1.54) is 4.68 Å². The predicted molar refractivity (Wildman–Crippen MR) is 33.2 cm³/mol. The average Bonchev–Trinajstić information content (AvgIpc) is 2.18. The van der Waals surface area contributed by atoms with Gasteiger partial charge in [0.15, 0.2) is 5.88 Å². The van der Waals surface area contributed by atoms with Gasteiger partial charge in [-0.15, -0.1) is 0 Å². The molecule has 1 heterocycles. The zero-order valence-electron chi connectivity index (χ0n) is 5.11. The summed E-state index contributed by atoms with van der Waals surface area (Å²) < 4.78 is 6.27. The van der Waals surface area contributed by atoms with Crippen molar-refractivity contribution in [2.24, 2.45) is 7.05 Å². The molecule has 0 aliphatic rings. The van der Waals surface area contributed by atoms with Gasteiger partial charge in [0.2, 0.25) is 0 Å². The Morgan fingerprint density at radius 2 is 2.67 bits per heavy atom. The van der Waals surface area contributed by atoms with Gasteiger partial charge in [-0.3, -0.25) is 0 Å². The van der Waals surface area contributed by atoms with Crippen molar-refractivity contribution in [2.75, 3.05) is 0 Å². The van der Waals surface area contributed by atoms with E-state index in [0.717, 1.165) is 0 Å². The number of hydrogen-bond acceptors (Lipinski definition) is 3. The van der Waals surface area contributed by atoms with E-state index in [0.29, 0.717) is 5.88 Å². The highest BCUT2D eigenvalue weighted by atomic mass is 16.5. The first-order valence-electron chi connectivity index (χ1n) is 2.56. The van der Waals surface area contributed by atoms with Crippen molar-refractivity contribution in [1.29, 1.82) is 0 Å². The van der Waals surface area contributed by atoms with Crippen LogP contribution in [0, 0.1) is 0 Å². The minimum atomic E-state index is -0.306. The second-order valence-corrected chi connectivity index (χ2v) is 1.57. The quantitative estimate of drug-likeness (QED) is 0.520. The molecular weight excluding hydrogens is 119 g/mol. The maximum Gasteiger partial charge on any atom is 0.505 e. The van der Waals surface area contributed by atoms with Crippen molar-refractivity contribution in [3.8, 4) is 5.88 Å². The van der Waals surface area contributed by atoms with E-state index in [1.54, 1.807) is 19.3 Å². The molecule has 0 aromatic carbocycles. The lowest BCUT2D eigenvalue weighted by molar-refractivity contribution is 0.424. The van der Waals surface area contributed by atoms with Crippen molar-refractivity contribution in [3.05, 3.63) is 12.3 Å². The monoisotopic (exact) mass is 126 g/mol. The molecule has 0 atom stereocenters. The van der Waals surface area contributed by atoms with E-state index in [9.17, 15) is 0 Å². The molecule has 0 spiro atoms. The van der Waals surface area contributed by atoms with Crippen LogP contribution >= 0.6 is 0 Å². The Hall–Kier alpha value is -0.965. The molecule has 0 radical (unpaired) electrons. The molecule has 1 aromatic heterocycles. The number of hydrogen-bond donors (Lipinski definition) is 1. The highest BCUT2D eigenvalue weighted by Crippen LogP contribution is 2.04. The molecule has 4 nitrogen and oxygen atoms in total. The van der Waals surface area contributed by atoms with Gasteiger partial charge in [0.25, 0.3) is 0 Å².